The third-order valence-corrected chi connectivity index (χ3v) is 2.17. The van der Waals surface area contributed by atoms with Crippen LogP contribution in [0, 0.1) is 34.3 Å². The summed E-state index contributed by atoms with van der Waals surface area (Å²) in [5.74, 6) is -3.16. The number of halogens is 2. The standard InChI is InChI=1S/C12H10F2N2O2/c1-3-4-18-12-10(14)8(6-16)7(5-15)9(13)11(12)17-2/h3-4H2,1-2H3. The normalized spacial score (nSPS) is 9.44. The van der Waals surface area contributed by atoms with Crippen LogP contribution in [-0.4, -0.2) is 13.7 Å². The lowest BCUT2D eigenvalue weighted by Crippen LogP contribution is -2.06. The first kappa shape index (κ1) is 13.7. The second-order valence-electron chi connectivity index (χ2n) is 3.31. The molecular weight excluding hydrogens is 242 g/mol. The summed E-state index contributed by atoms with van der Waals surface area (Å²) in [5, 5.41) is 17.5. The summed E-state index contributed by atoms with van der Waals surface area (Å²) in [7, 11) is 1.13. The van der Waals surface area contributed by atoms with E-state index in [1.807, 2.05) is 0 Å². The van der Waals surface area contributed by atoms with Gasteiger partial charge >= 0.3 is 0 Å². The fraction of sp³-hybridized carbons (Fsp3) is 0.333. The Bertz CT molecular complexity index is 541. The zero-order valence-corrected chi connectivity index (χ0v) is 9.88. The van der Waals surface area contributed by atoms with Gasteiger partial charge in [-0.3, -0.25) is 0 Å². The van der Waals surface area contributed by atoms with Crippen LogP contribution in [0.1, 0.15) is 24.5 Å². The van der Waals surface area contributed by atoms with Crippen molar-refractivity contribution in [1.82, 2.24) is 0 Å². The molecule has 0 aliphatic heterocycles. The van der Waals surface area contributed by atoms with Crippen molar-refractivity contribution in [2.24, 2.45) is 0 Å². The van der Waals surface area contributed by atoms with E-state index in [2.05, 4.69) is 0 Å². The minimum Gasteiger partial charge on any atom is -0.490 e. The van der Waals surface area contributed by atoms with Crippen molar-refractivity contribution in [3.8, 4) is 23.6 Å². The van der Waals surface area contributed by atoms with Gasteiger partial charge in [-0.25, -0.2) is 8.78 Å². The molecule has 0 aromatic heterocycles. The van der Waals surface area contributed by atoms with Crippen LogP contribution < -0.4 is 9.47 Å². The summed E-state index contributed by atoms with van der Waals surface area (Å²) in [6, 6.07) is 2.89. The average molecular weight is 252 g/mol. The Balaban J connectivity index is 3.57. The molecule has 0 saturated heterocycles. The monoisotopic (exact) mass is 252 g/mol. The number of nitrogens with zero attached hydrogens (tertiary/aromatic N) is 2. The van der Waals surface area contributed by atoms with Crippen molar-refractivity contribution in [2.75, 3.05) is 13.7 Å². The van der Waals surface area contributed by atoms with E-state index < -0.39 is 34.3 Å². The van der Waals surface area contributed by atoms with Crippen LogP contribution in [0.5, 0.6) is 11.5 Å². The van der Waals surface area contributed by atoms with E-state index in [0.29, 0.717) is 6.42 Å². The fourth-order valence-corrected chi connectivity index (χ4v) is 1.37. The second kappa shape index (κ2) is 5.83. The Labute approximate surface area is 103 Å². The number of ether oxygens (including phenoxy) is 2. The highest BCUT2D eigenvalue weighted by Gasteiger charge is 2.26. The number of hydrogen-bond donors (Lipinski definition) is 0. The first-order valence-electron chi connectivity index (χ1n) is 5.14. The molecule has 0 aliphatic carbocycles. The molecule has 0 heterocycles. The van der Waals surface area contributed by atoms with Gasteiger partial charge in [0.15, 0.2) is 11.6 Å². The highest BCUT2D eigenvalue weighted by Crippen LogP contribution is 2.37. The maximum absolute atomic E-state index is 13.9. The topological polar surface area (TPSA) is 66.0 Å². The van der Waals surface area contributed by atoms with E-state index in [1.54, 1.807) is 6.92 Å². The number of hydrogen-bond acceptors (Lipinski definition) is 4. The number of methoxy groups -OCH3 is 1. The Hall–Kier alpha value is -2.34. The number of rotatable bonds is 4. The van der Waals surface area contributed by atoms with E-state index in [-0.39, 0.29) is 6.61 Å². The third kappa shape index (κ3) is 2.18. The molecule has 18 heavy (non-hydrogen) atoms. The summed E-state index contributed by atoms with van der Waals surface area (Å²) < 4.78 is 37.5. The Morgan fingerprint density at radius 1 is 1.06 bits per heavy atom. The summed E-state index contributed by atoms with van der Waals surface area (Å²) >= 11 is 0. The van der Waals surface area contributed by atoms with Crippen molar-refractivity contribution in [1.29, 1.82) is 10.5 Å². The summed E-state index contributed by atoms with van der Waals surface area (Å²) in [4.78, 5) is 0. The lowest BCUT2D eigenvalue weighted by atomic mass is 10.1. The van der Waals surface area contributed by atoms with Crippen LogP contribution in [-0.2, 0) is 0 Å². The zero-order valence-electron chi connectivity index (χ0n) is 9.88. The molecule has 0 saturated carbocycles. The van der Waals surface area contributed by atoms with Crippen molar-refractivity contribution in [3.05, 3.63) is 22.8 Å². The predicted octanol–water partition coefficient (Wildman–Crippen LogP) is 2.51. The van der Waals surface area contributed by atoms with Crippen molar-refractivity contribution >= 4 is 0 Å². The van der Waals surface area contributed by atoms with Crippen LogP contribution in [0.15, 0.2) is 0 Å². The highest BCUT2D eigenvalue weighted by atomic mass is 19.1. The van der Waals surface area contributed by atoms with Gasteiger partial charge in [0, 0.05) is 0 Å². The number of benzene rings is 1. The van der Waals surface area contributed by atoms with Gasteiger partial charge in [0.05, 0.1) is 13.7 Å². The quantitative estimate of drug-likeness (QED) is 0.825. The fourth-order valence-electron chi connectivity index (χ4n) is 1.37. The van der Waals surface area contributed by atoms with Gasteiger partial charge < -0.3 is 9.47 Å². The summed E-state index contributed by atoms with van der Waals surface area (Å²) in [5.41, 5.74) is -1.36. The van der Waals surface area contributed by atoms with Crippen molar-refractivity contribution in [3.63, 3.8) is 0 Å². The Kier molecular flexibility index (Phi) is 4.45. The van der Waals surface area contributed by atoms with Gasteiger partial charge in [-0.05, 0) is 6.42 Å². The van der Waals surface area contributed by atoms with Crippen LogP contribution in [0.4, 0.5) is 8.78 Å². The Morgan fingerprint density at radius 2 is 1.56 bits per heavy atom. The van der Waals surface area contributed by atoms with E-state index in [1.165, 1.54) is 12.1 Å². The SMILES string of the molecule is CCCOc1c(F)c(C#N)c(C#N)c(F)c1OC. The van der Waals surface area contributed by atoms with Crippen LogP contribution >= 0.6 is 0 Å². The molecule has 0 N–H and O–H groups in total. The summed E-state index contributed by atoms with van der Waals surface area (Å²) in [6.07, 6.45) is 0.575. The molecule has 4 nitrogen and oxygen atoms in total. The van der Waals surface area contributed by atoms with E-state index in [0.717, 1.165) is 7.11 Å². The average Bonchev–Trinajstić information content (AvgIpc) is 2.38. The van der Waals surface area contributed by atoms with E-state index in [9.17, 15) is 8.78 Å². The maximum atomic E-state index is 13.9. The van der Waals surface area contributed by atoms with Crippen LogP contribution in [0.25, 0.3) is 0 Å². The molecule has 0 amide bonds. The largest absolute Gasteiger partial charge is 0.490 e. The van der Waals surface area contributed by atoms with Crippen LogP contribution in [0.3, 0.4) is 0 Å². The van der Waals surface area contributed by atoms with Gasteiger partial charge in [-0.15, -0.1) is 0 Å². The molecule has 0 fully saturated rings. The molecule has 1 aromatic carbocycles. The molecule has 0 aliphatic rings. The summed E-state index contributed by atoms with van der Waals surface area (Å²) in [6.45, 7) is 1.93. The second-order valence-corrected chi connectivity index (χ2v) is 3.31. The van der Waals surface area contributed by atoms with Gasteiger partial charge in [0.1, 0.15) is 23.3 Å². The van der Waals surface area contributed by atoms with Crippen molar-refractivity contribution in [2.45, 2.75) is 13.3 Å². The molecule has 0 radical (unpaired) electrons. The molecule has 0 unspecified atom stereocenters. The third-order valence-electron chi connectivity index (χ3n) is 2.17. The lowest BCUT2D eigenvalue weighted by molar-refractivity contribution is 0.272. The van der Waals surface area contributed by atoms with Crippen molar-refractivity contribution < 1.29 is 18.3 Å². The lowest BCUT2D eigenvalue weighted by Gasteiger charge is -2.13. The first-order valence-corrected chi connectivity index (χ1v) is 5.14. The number of nitriles is 2. The maximum Gasteiger partial charge on any atom is 0.201 e. The van der Waals surface area contributed by atoms with Gasteiger partial charge in [0.25, 0.3) is 0 Å². The van der Waals surface area contributed by atoms with E-state index >= 15 is 0 Å². The molecule has 0 spiro atoms. The minimum absolute atomic E-state index is 0.142. The van der Waals surface area contributed by atoms with E-state index in [4.69, 9.17) is 20.0 Å². The van der Waals surface area contributed by atoms with Gasteiger partial charge in [0.2, 0.25) is 11.5 Å². The minimum atomic E-state index is -1.09. The van der Waals surface area contributed by atoms with Gasteiger partial charge in [-0.1, -0.05) is 6.92 Å². The molecule has 0 atom stereocenters. The molecule has 1 rings (SSSR count). The van der Waals surface area contributed by atoms with Gasteiger partial charge in [-0.2, -0.15) is 10.5 Å². The predicted molar refractivity (Wildman–Crippen MR) is 58.1 cm³/mol. The molecule has 94 valence electrons. The van der Waals surface area contributed by atoms with Crippen LogP contribution in [0.2, 0.25) is 0 Å². The molecule has 6 heteroatoms. The molecular formula is C12H10F2N2O2. The smallest absolute Gasteiger partial charge is 0.201 e. The highest BCUT2D eigenvalue weighted by molar-refractivity contribution is 5.58. The first-order chi connectivity index (χ1) is 8.62. The zero-order chi connectivity index (χ0) is 13.7. The Morgan fingerprint density at radius 3 is 1.94 bits per heavy atom. The molecule has 1 aromatic rings. The molecule has 0 bridgehead atoms.